The second-order valence-corrected chi connectivity index (χ2v) is 7.88. The Balaban J connectivity index is 1.58. The van der Waals surface area contributed by atoms with Crippen molar-refractivity contribution >= 4 is 5.91 Å². The Hall–Kier alpha value is -3.03. The van der Waals surface area contributed by atoms with Gasteiger partial charge in [0.25, 0.3) is 5.91 Å². The van der Waals surface area contributed by atoms with Crippen LogP contribution in [0.15, 0.2) is 28.8 Å². The van der Waals surface area contributed by atoms with E-state index in [4.69, 9.17) is 4.52 Å². The van der Waals surface area contributed by atoms with E-state index in [2.05, 4.69) is 40.1 Å². The number of rotatable bonds is 4. The summed E-state index contributed by atoms with van der Waals surface area (Å²) in [7, 11) is 0. The first-order valence-electron chi connectivity index (χ1n) is 10.1. The van der Waals surface area contributed by atoms with Crippen LogP contribution in [0.3, 0.4) is 0 Å². The zero-order chi connectivity index (χ0) is 20.5. The number of aromatic nitrogens is 5. The molecule has 2 aromatic heterocycles. The van der Waals surface area contributed by atoms with Crippen LogP contribution in [-0.4, -0.2) is 48.8 Å². The molecule has 8 heteroatoms. The van der Waals surface area contributed by atoms with Crippen LogP contribution < -0.4 is 0 Å². The minimum atomic E-state index is -0.158. The Kier molecular flexibility index (Phi) is 5.17. The summed E-state index contributed by atoms with van der Waals surface area (Å²) in [5.41, 5.74) is 2.13. The van der Waals surface area contributed by atoms with Crippen molar-refractivity contribution in [1.29, 1.82) is 0 Å². The summed E-state index contributed by atoms with van der Waals surface area (Å²) < 4.78 is 7.09. The molecule has 152 valence electrons. The summed E-state index contributed by atoms with van der Waals surface area (Å²) in [6, 6.07) is 8.10. The predicted octanol–water partition coefficient (Wildman–Crippen LogP) is 3.41. The lowest BCUT2D eigenvalue weighted by atomic mass is 9.98. The van der Waals surface area contributed by atoms with Crippen LogP contribution in [0, 0.1) is 13.8 Å². The van der Waals surface area contributed by atoms with Crippen molar-refractivity contribution in [3.63, 3.8) is 0 Å². The van der Waals surface area contributed by atoms with Crippen molar-refractivity contribution < 1.29 is 9.32 Å². The highest BCUT2D eigenvalue weighted by Gasteiger charge is 2.31. The molecule has 0 N–H and O–H groups in total. The average Bonchev–Trinajstić information content (AvgIpc) is 3.33. The van der Waals surface area contributed by atoms with E-state index in [-0.39, 0.29) is 17.6 Å². The second kappa shape index (κ2) is 7.77. The second-order valence-electron chi connectivity index (χ2n) is 7.88. The molecule has 0 saturated carbocycles. The molecule has 29 heavy (non-hydrogen) atoms. The molecule has 1 aromatic carbocycles. The topological polar surface area (TPSA) is 89.9 Å². The number of carbonyl (C=O) groups is 1. The highest BCUT2D eigenvalue weighted by molar-refractivity contribution is 5.90. The number of amides is 1. The van der Waals surface area contributed by atoms with Gasteiger partial charge in [0.1, 0.15) is 5.82 Å². The number of carbonyl (C=O) groups excluding carboxylic acids is 1. The third-order valence-electron chi connectivity index (χ3n) is 5.35. The van der Waals surface area contributed by atoms with Crippen molar-refractivity contribution in [3.8, 4) is 5.69 Å². The molecule has 0 aliphatic carbocycles. The monoisotopic (exact) mass is 394 g/mol. The molecule has 0 radical (unpaired) electrons. The minimum Gasteiger partial charge on any atom is -0.339 e. The number of hydrogen-bond donors (Lipinski definition) is 0. The fourth-order valence-corrected chi connectivity index (χ4v) is 3.86. The Labute approximate surface area is 169 Å². The molecule has 1 fully saturated rings. The van der Waals surface area contributed by atoms with E-state index in [1.807, 2.05) is 25.1 Å². The molecule has 0 bridgehead atoms. The molecule has 8 nitrogen and oxygen atoms in total. The largest absolute Gasteiger partial charge is 0.339 e. The van der Waals surface area contributed by atoms with E-state index in [1.165, 1.54) is 5.56 Å². The van der Waals surface area contributed by atoms with Crippen LogP contribution in [-0.2, 0) is 0 Å². The summed E-state index contributed by atoms with van der Waals surface area (Å²) in [6.07, 6.45) is 1.81. The average molecular weight is 394 g/mol. The molecule has 1 saturated heterocycles. The van der Waals surface area contributed by atoms with Crippen molar-refractivity contribution in [2.24, 2.45) is 0 Å². The Morgan fingerprint density at radius 2 is 2.00 bits per heavy atom. The lowest BCUT2D eigenvalue weighted by molar-refractivity contribution is 0.0683. The number of benzene rings is 1. The van der Waals surface area contributed by atoms with Gasteiger partial charge in [-0.3, -0.25) is 4.79 Å². The third-order valence-corrected chi connectivity index (χ3v) is 5.35. The van der Waals surface area contributed by atoms with Crippen molar-refractivity contribution in [1.82, 2.24) is 29.8 Å². The van der Waals surface area contributed by atoms with Gasteiger partial charge in [-0.15, -0.1) is 5.10 Å². The summed E-state index contributed by atoms with van der Waals surface area (Å²) >= 11 is 0. The van der Waals surface area contributed by atoms with Gasteiger partial charge < -0.3 is 9.42 Å². The third kappa shape index (κ3) is 3.79. The molecule has 1 aliphatic rings. The molecular weight excluding hydrogens is 368 g/mol. The highest BCUT2D eigenvalue weighted by atomic mass is 16.5. The number of likely N-dealkylation sites (tertiary alicyclic amines) is 1. The predicted molar refractivity (Wildman–Crippen MR) is 107 cm³/mol. The molecule has 3 aromatic rings. The smallest absolute Gasteiger partial charge is 0.293 e. The molecule has 3 heterocycles. The zero-order valence-corrected chi connectivity index (χ0v) is 17.3. The maximum atomic E-state index is 13.1. The maximum absolute atomic E-state index is 13.1. The standard InChI is InChI=1S/C21H26N6O2/c1-13(2)17-9-5-6-10-18(17)27-15(4)23-19(24-27)21(28)26-11-7-8-16(12-26)20-22-14(3)25-29-20/h5-6,9-10,13,16H,7-8,11-12H2,1-4H3. The maximum Gasteiger partial charge on any atom is 0.293 e. The van der Waals surface area contributed by atoms with Gasteiger partial charge >= 0.3 is 0 Å². The summed E-state index contributed by atoms with van der Waals surface area (Å²) in [6.45, 7) is 9.18. The van der Waals surface area contributed by atoms with Crippen LogP contribution in [0.4, 0.5) is 0 Å². The number of nitrogens with zero attached hydrogens (tertiary/aromatic N) is 6. The molecule has 1 amide bonds. The van der Waals surface area contributed by atoms with E-state index in [0.29, 0.717) is 36.5 Å². The summed E-state index contributed by atoms with van der Waals surface area (Å²) in [4.78, 5) is 23.7. The van der Waals surface area contributed by atoms with E-state index < -0.39 is 0 Å². The van der Waals surface area contributed by atoms with Gasteiger partial charge in [0.2, 0.25) is 11.7 Å². The Bertz CT molecular complexity index is 1020. The van der Waals surface area contributed by atoms with Crippen molar-refractivity contribution in [2.75, 3.05) is 13.1 Å². The van der Waals surface area contributed by atoms with Gasteiger partial charge in [-0.25, -0.2) is 9.67 Å². The first kappa shape index (κ1) is 19.3. The first-order chi connectivity index (χ1) is 13.9. The molecule has 1 atom stereocenters. The van der Waals surface area contributed by atoms with Crippen LogP contribution in [0.1, 0.15) is 72.2 Å². The SMILES string of the molecule is Cc1noc(C2CCCN(C(=O)c3nc(C)n(-c4ccccc4C(C)C)n3)C2)n1. The van der Waals surface area contributed by atoms with Crippen LogP contribution in [0.5, 0.6) is 0 Å². The van der Waals surface area contributed by atoms with E-state index in [0.717, 1.165) is 18.5 Å². The minimum absolute atomic E-state index is 0.0544. The normalized spacial score (nSPS) is 17.1. The van der Waals surface area contributed by atoms with Crippen LogP contribution in [0.2, 0.25) is 0 Å². The van der Waals surface area contributed by atoms with E-state index >= 15 is 0 Å². The molecule has 4 rings (SSSR count). The first-order valence-corrected chi connectivity index (χ1v) is 10.1. The number of piperidine rings is 1. The van der Waals surface area contributed by atoms with Gasteiger partial charge in [-0.1, -0.05) is 37.2 Å². The molecule has 1 aliphatic heterocycles. The fraction of sp³-hybridized carbons (Fsp3) is 0.476. The van der Waals surface area contributed by atoms with Gasteiger partial charge in [0, 0.05) is 13.1 Å². The van der Waals surface area contributed by atoms with Gasteiger partial charge in [0.15, 0.2) is 5.82 Å². The number of para-hydroxylation sites is 1. The zero-order valence-electron chi connectivity index (χ0n) is 17.3. The highest BCUT2D eigenvalue weighted by Crippen LogP contribution is 2.27. The van der Waals surface area contributed by atoms with Crippen molar-refractivity contribution in [3.05, 3.63) is 53.2 Å². The van der Waals surface area contributed by atoms with Gasteiger partial charge in [-0.2, -0.15) is 4.98 Å². The summed E-state index contributed by atoms with van der Waals surface area (Å²) in [5.74, 6) is 2.37. The van der Waals surface area contributed by atoms with Gasteiger partial charge in [-0.05, 0) is 44.2 Å². The molecular formula is C21H26N6O2. The van der Waals surface area contributed by atoms with Crippen LogP contribution in [0.25, 0.3) is 5.69 Å². The van der Waals surface area contributed by atoms with Crippen LogP contribution >= 0.6 is 0 Å². The number of hydrogen-bond acceptors (Lipinski definition) is 6. The molecule has 1 unspecified atom stereocenters. The quantitative estimate of drug-likeness (QED) is 0.674. The Morgan fingerprint density at radius 3 is 2.72 bits per heavy atom. The Morgan fingerprint density at radius 1 is 1.21 bits per heavy atom. The van der Waals surface area contributed by atoms with E-state index in [1.54, 1.807) is 16.5 Å². The lowest BCUT2D eigenvalue weighted by Crippen LogP contribution is -2.39. The van der Waals surface area contributed by atoms with E-state index in [9.17, 15) is 4.79 Å². The summed E-state index contributed by atoms with van der Waals surface area (Å²) in [5, 5.41) is 8.44. The lowest BCUT2D eigenvalue weighted by Gasteiger charge is -2.30. The van der Waals surface area contributed by atoms with Gasteiger partial charge in [0.05, 0.1) is 11.6 Å². The van der Waals surface area contributed by atoms with Crippen molar-refractivity contribution in [2.45, 2.75) is 52.4 Å². The number of aryl methyl sites for hydroxylation is 2. The molecule has 0 spiro atoms. The fourth-order valence-electron chi connectivity index (χ4n) is 3.86.